The third-order valence-electron chi connectivity index (χ3n) is 3.63. The molecule has 0 unspecified atom stereocenters. The summed E-state index contributed by atoms with van der Waals surface area (Å²) in [5.74, 6) is 0. The molecular formula is C14H13ClN2O2S. The molecule has 0 spiro atoms. The Morgan fingerprint density at radius 2 is 2.25 bits per heavy atom. The number of hydrogen-bond acceptors (Lipinski definition) is 4. The SMILES string of the molecule is O=[N+]([O-])c1ccc(N2CCC[C@@H]2c2ccsc2)c(Cl)c1. The third-order valence-corrected chi connectivity index (χ3v) is 4.64. The Morgan fingerprint density at radius 1 is 1.40 bits per heavy atom. The lowest BCUT2D eigenvalue weighted by atomic mass is 10.1. The molecule has 1 aromatic heterocycles. The molecule has 0 radical (unpaired) electrons. The van der Waals surface area contributed by atoms with Crippen LogP contribution in [0.15, 0.2) is 35.0 Å². The van der Waals surface area contributed by atoms with E-state index in [1.165, 1.54) is 17.7 Å². The predicted octanol–water partition coefficient (Wildman–Crippen LogP) is 4.65. The van der Waals surface area contributed by atoms with Crippen molar-refractivity contribution in [1.29, 1.82) is 0 Å². The Bertz CT molecular complexity index is 630. The predicted molar refractivity (Wildman–Crippen MR) is 81.7 cm³/mol. The number of rotatable bonds is 3. The number of anilines is 1. The Balaban J connectivity index is 1.94. The minimum Gasteiger partial charge on any atom is -0.363 e. The second-order valence-electron chi connectivity index (χ2n) is 4.80. The van der Waals surface area contributed by atoms with Crippen molar-refractivity contribution >= 4 is 34.3 Å². The number of non-ortho nitro benzene ring substituents is 1. The highest BCUT2D eigenvalue weighted by molar-refractivity contribution is 7.08. The molecule has 1 aromatic carbocycles. The van der Waals surface area contributed by atoms with Gasteiger partial charge in [-0.3, -0.25) is 10.1 Å². The summed E-state index contributed by atoms with van der Waals surface area (Å²) in [5.41, 5.74) is 2.21. The summed E-state index contributed by atoms with van der Waals surface area (Å²) in [5, 5.41) is 15.4. The van der Waals surface area contributed by atoms with E-state index in [1.807, 2.05) is 0 Å². The monoisotopic (exact) mass is 308 g/mol. The zero-order valence-corrected chi connectivity index (χ0v) is 12.2. The Hall–Kier alpha value is -1.59. The quantitative estimate of drug-likeness (QED) is 0.612. The van der Waals surface area contributed by atoms with Crippen LogP contribution in [0.25, 0.3) is 0 Å². The van der Waals surface area contributed by atoms with Gasteiger partial charge in [0.05, 0.1) is 21.7 Å². The standard InChI is InChI=1S/C14H13ClN2O2S/c15-12-8-11(17(18)19)3-4-14(12)16-6-1-2-13(16)10-5-7-20-9-10/h3-5,7-9,13H,1-2,6H2/t13-/m1/s1. The number of benzene rings is 1. The largest absolute Gasteiger partial charge is 0.363 e. The van der Waals surface area contributed by atoms with Gasteiger partial charge in [-0.2, -0.15) is 11.3 Å². The molecule has 3 rings (SSSR count). The van der Waals surface area contributed by atoms with Crippen molar-refractivity contribution in [2.75, 3.05) is 11.4 Å². The van der Waals surface area contributed by atoms with Crippen molar-refractivity contribution < 1.29 is 4.92 Å². The first kappa shape index (κ1) is 13.4. The normalized spacial score (nSPS) is 18.4. The molecule has 2 heterocycles. The van der Waals surface area contributed by atoms with Crippen molar-refractivity contribution in [2.45, 2.75) is 18.9 Å². The summed E-state index contributed by atoms with van der Waals surface area (Å²) in [6, 6.07) is 7.16. The highest BCUT2D eigenvalue weighted by Crippen LogP contribution is 2.40. The smallest absolute Gasteiger partial charge is 0.271 e. The van der Waals surface area contributed by atoms with Gasteiger partial charge in [0.2, 0.25) is 0 Å². The third kappa shape index (κ3) is 2.39. The van der Waals surface area contributed by atoms with E-state index in [0.29, 0.717) is 11.1 Å². The number of nitro benzene ring substituents is 1. The van der Waals surface area contributed by atoms with Gasteiger partial charge in [0, 0.05) is 18.7 Å². The van der Waals surface area contributed by atoms with E-state index in [4.69, 9.17) is 11.6 Å². The molecule has 1 aliphatic rings. The summed E-state index contributed by atoms with van der Waals surface area (Å²) < 4.78 is 0. The fourth-order valence-corrected chi connectivity index (χ4v) is 3.70. The molecule has 1 fully saturated rings. The van der Waals surface area contributed by atoms with Crippen LogP contribution in [0, 0.1) is 10.1 Å². The van der Waals surface area contributed by atoms with Gasteiger partial charge in [-0.25, -0.2) is 0 Å². The van der Waals surface area contributed by atoms with Crippen LogP contribution in [0.3, 0.4) is 0 Å². The van der Waals surface area contributed by atoms with E-state index < -0.39 is 4.92 Å². The highest BCUT2D eigenvalue weighted by Gasteiger charge is 2.28. The fourth-order valence-electron chi connectivity index (χ4n) is 2.71. The summed E-state index contributed by atoms with van der Waals surface area (Å²) in [6.07, 6.45) is 2.19. The first-order chi connectivity index (χ1) is 9.66. The number of hydrogen-bond donors (Lipinski definition) is 0. The average molecular weight is 309 g/mol. The van der Waals surface area contributed by atoms with Gasteiger partial charge in [-0.1, -0.05) is 11.6 Å². The van der Waals surface area contributed by atoms with Gasteiger partial charge in [0.25, 0.3) is 5.69 Å². The lowest BCUT2D eigenvalue weighted by molar-refractivity contribution is -0.384. The van der Waals surface area contributed by atoms with Crippen molar-refractivity contribution in [1.82, 2.24) is 0 Å². The molecule has 0 N–H and O–H groups in total. The molecule has 2 aromatic rings. The van der Waals surface area contributed by atoms with E-state index in [0.717, 1.165) is 25.1 Å². The average Bonchev–Trinajstić information content (AvgIpc) is 3.09. The van der Waals surface area contributed by atoms with Gasteiger partial charge >= 0.3 is 0 Å². The number of nitrogens with zero attached hydrogens (tertiary/aromatic N) is 2. The van der Waals surface area contributed by atoms with Gasteiger partial charge < -0.3 is 4.90 Å². The van der Waals surface area contributed by atoms with Gasteiger partial charge in [0.15, 0.2) is 0 Å². The first-order valence-electron chi connectivity index (χ1n) is 6.39. The Morgan fingerprint density at radius 3 is 2.90 bits per heavy atom. The topological polar surface area (TPSA) is 46.4 Å². The Labute approximate surface area is 125 Å². The molecule has 0 bridgehead atoms. The minimum absolute atomic E-state index is 0.0324. The van der Waals surface area contributed by atoms with Crippen molar-refractivity contribution in [3.63, 3.8) is 0 Å². The van der Waals surface area contributed by atoms with Crippen molar-refractivity contribution in [3.8, 4) is 0 Å². The molecule has 0 aliphatic carbocycles. The van der Waals surface area contributed by atoms with Crippen LogP contribution in [0.5, 0.6) is 0 Å². The summed E-state index contributed by atoms with van der Waals surface area (Å²) in [7, 11) is 0. The molecule has 1 atom stereocenters. The molecule has 0 saturated carbocycles. The molecule has 20 heavy (non-hydrogen) atoms. The molecular weight excluding hydrogens is 296 g/mol. The molecule has 1 saturated heterocycles. The molecule has 104 valence electrons. The minimum atomic E-state index is -0.421. The van der Waals surface area contributed by atoms with Crippen LogP contribution >= 0.6 is 22.9 Å². The van der Waals surface area contributed by atoms with E-state index in [1.54, 1.807) is 17.4 Å². The van der Waals surface area contributed by atoms with Gasteiger partial charge in [-0.15, -0.1) is 0 Å². The lowest BCUT2D eigenvalue weighted by Gasteiger charge is -2.27. The first-order valence-corrected chi connectivity index (χ1v) is 7.71. The molecule has 1 aliphatic heterocycles. The Kier molecular flexibility index (Phi) is 3.63. The lowest BCUT2D eigenvalue weighted by Crippen LogP contribution is -2.22. The van der Waals surface area contributed by atoms with Crippen molar-refractivity contribution in [2.24, 2.45) is 0 Å². The number of thiophene rings is 1. The van der Waals surface area contributed by atoms with Crippen LogP contribution < -0.4 is 4.90 Å². The van der Waals surface area contributed by atoms with Crippen LogP contribution in [0.2, 0.25) is 5.02 Å². The van der Waals surface area contributed by atoms with Crippen molar-refractivity contribution in [3.05, 3.63) is 55.7 Å². The molecule has 0 amide bonds. The highest BCUT2D eigenvalue weighted by atomic mass is 35.5. The maximum Gasteiger partial charge on any atom is 0.271 e. The number of halogens is 1. The summed E-state index contributed by atoms with van der Waals surface area (Å²) in [4.78, 5) is 12.6. The van der Waals surface area contributed by atoms with Gasteiger partial charge in [-0.05, 0) is 41.3 Å². The molecule has 6 heteroatoms. The van der Waals surface area contributed by atoms with Crippen LogP contribution in [0.1, 0.15) is 24.4 Å². The number of nitro groups is 1. The van der Waals surface area contributed by atoms with E-state index in [9.17, 15) is 10.1 Å². The zero-order valence-electron chi connectivity index (χ0n) is 10.7. The molecule has 4 nitrogen and oxygen atoms in total. The van der Waals surface area contributed by atoms with E-state index >= 15 is 0 Å². The second-order valence-corrected chi connectivity index (χ2v) is 5.99. The maximum absolute atomic E-state index is 10.8. The maximum atomic E-state index is 10.8. The van der Waals surface area contributed by atoms with Crippen LogP contribution in [-0.4, -0.2) is 11.5 Å². The zero-order chi connectivity index (χ0) is 14.1. The van der Waals surface area contributed by atoms with Crippen LogP contribution in [-0.2, 0) is 0 Å². The fraction of sp³-hybridized carbons (Fsp3) is 0.286. The van der Waals surface area contributed by atoms with Gasteiger partial charge in [0.1, 0.15) is 0 Å². The summed E-state index contributed by atoms with van der Waals surface area (Å²) in [6.45, 7) is 0.929. The summed E-state index contributed by atoms with van der Waals surface area (Å²) >= 11 is 7.92. The van der Waals surface area contributed by atoms with E-state index in [-0.39, 0.29) is 5.69 Å². The van der Waals surface area contributed by atoms with E-state index in [2.05, 4.69) is 21.7 Å². The van der Waals surface area contributed by atoms with Crippen LogP contribution in [0.4, 0.5) is 11.4 Å². The second kappa shape index (κ2) is 5.42.